The first-order chi connectivity index (χ1) is 18.8. The number of fused-ring (bicyclic) bond motifs is 1. The van der Waals surface area contributed by atoms with Crippen LogP contribution in [0.2, 0.25) is 0 Å². The maximum absolute atomic E-state index is 12.9. The molecule has 8 heteroatoms. The van der Waals surface area contributed by atoms with Crippen LogP contribution in [0.3, 0.4) is 0 Å². The zero-order chi connectivity index (χ0) is 27.5. The number of imidazole rings is 1. The van der Waals surface area contributed by atoms with Crippen LogP contribution < -0.4 is 10.6 Å². The highest BCUT2D eigenvalue weighted by molar-refractivity contribution is 5.99. The first-order valence-corrected chi connectivity index (χ1v) is 12.7. The molecule has 5 aromatic rings. The van der Waals surface area contributed by atoms with Crippen LogP contribution in [0, 0.1) is 20.8 Å². The van der Waals surface area contributed by atoms with Gasteiger partial charge in [-0.05, 0) is 55.7 Å². The van der Waals surface area contributed by atoms with E-state index in [0.717, 1.165) is 44.4 Å². The van der Waals surface area contributed by atoms with Gasteiger partial charge in [0.25, 0.3) is 5.91 Å². The second-order valence-electron chi connectivity index (χ2n) is 9.81. The molecule has 0 saturated heterocycles. The molecular formula is C31H30N4O4. The van der Waals surface area contributed by atoms with Crippen molar-refractivity contribution in [1.82, 2.24) is 15.3 Å². The number of aromatic amines is 1. The third-order valence-electron chi connectivity index (χ3n) is 6.69. The number of carboxylic acids is 1. The Balaban J connectivity index is 1.22. The Bertz CT molecular complexity index is 1590. The van der Waals surface area contributed by atoms with Gasteiger partial charge >= 0.3 is 5.97 Å². The minimum Gasteiger partial charge on any atom is -0.480 e. The van der Waals surface area contributed by atoms with E-state index in [1.165, 1.54) is 0 Å². The van der Waals surface area contributed by atoms with Crippen molar-refractivity contribution in [3.8, 4) is 11.3 Å². The molecule has 0 aliphatic carbocycles. The van der Waals surface area contributed by atoms with Crippen molar-refractivity contribution in [3.63, 3.8) is 0 Å². The van der Waals surface area contributed by atoms with Crippen molar-refractivity contribution in [2.45, 2.75) is 39.8 Å². The molecule has 3 aromatic carbocycles. The lowest BCUT2D eigenvalue weighted by Gasteiger charge is -2.17. The van der Waals surface area contributed by atoms with E-state index < -0.39 is 12.0 Å². The molecule has 2 heterocycles. The SMILES string of the molecule is Cc1cc(C)c(C(=O)NC(Cc2ccc(-c3cc(CNc4nc5ccccc5[nH]4)co3)cc2)C(=O)O)c(C)c1. The van der Waals surface area contributed by atoms with E-state index in [1.807, 2.05) is 87.5 Å². The number of aryl methyl sites for hydroxylation is 3. The number of amides is 1. The first kappa shape index (κ1) is 25.8. The van der Waals surface area contributed by atoms with Crippen LogP contribution in [0.15, 0.2) is 77.4 Å². The number of benzene rings is 3. The molecule has 0 aliphatic rings. The van der Waals surface area contributed by atoms with Gasteiger partial charge in [-0.25, -0.2) is 9.78 Å². The van der Waals surface area contributed by atoms with Crippen molar-refractivity contribution in [2.75, 3.05) is 5.32 Å². The number of hydrogen-bond acceptors (Lipinski definition) is 5. The van der Waals surface area contributed by atoms with Crippen LogP contribution in [0.5, 0.6) is 0 Å². The summed E-state index contributed by atoms with van der Waals surface area (Å²) in [5.74, 6) is -0.0664. The van der Waals surface area contributed by atoms with Crippen molar-refractivity contribution >= 4 is 28.9 Å². The predicted molar refractivity (Wildman–Crippen MR) is 151 cm³/mol. The smallest absolute Gasteiger partial charge is 0.326 e. The van der Waals surface area contributed by atoms with E-state index in [2.05, 4.69) is 20.6 Å². The van der Waals surface area contributed by atoms with Gasteiger partial charge in [-0.2, -0.15) is 0 Å². The van der Waals surface area contributed by atoms with Gasteiger partial charge in [0.2, 0.25) is 5.95 Å². The number of carbonyl (C=O) groups excluding carboxylic acids is 1. The number of rotatable bonds is 9. The summed E-state index contributed by atoms with van der Waals surface area (Å²) in [5.41, 5.74) is 7.72. The van der Waals surface area contributed by atoms with E-state index in [-0.39, 0.29) is 12.3 Å². The summed E-state index contributed by atoms with van der Waals surface area (Å²) >= 11 is 0. The molecule has 0 saturated carbocycles. The summed E-state index contributed by atoms with van der Waals surface area (Å²) in [6.45, 7) is 6.23. The third-order valence-corrected chi connectivity index (χ3v) is 6.69. The van der Waals surface area contributed by atoms with E-state index in [0.29, 0.717) is 23.8 Å². The van der Waals surface area contributed by atoms with Gasteiger partial charge in [-0.15, -0.1) is 0 Å². The molecule has 5 rings (SSSR count). The summed E-state index contributed by atoms with van der Waals surface area (Å²) in [6, 6.07) is 20.1. The number of para-hydroxylation sites is 2. The Hall–Kier alpha value is -4.85. The van der Waals surface area contributed by atoms with Gasteiger partial charge < -0.3 is 25.1 Å². The molecule has 8 nitrogen and oxygen atoms in total. The Labute approximate surface area is 226 Å². The van der Waals surface area contributed by atoms with E-state index in [9.17, 15) is 14.7 Å². The lowest BCUT2D eigenvalue weighted by Crippen LogP contribution is -2.42. The molecule has 1 unspecified atom stereocenters. The summed E-state index contributed by atoms with van der Waals surface area (Å²) < 4.78 is 5.77. The second kappa shape index (κ2) is 10.9. The summed E-state index contributed by atoms with van der Waals surface area (Å²) in [4.78, 5) is 32.7. The Morgan fingerprint density at radius 1 is 0.974 bits per heavy atom. The first-order valence-electron chi connectivity index (χ1n) is 12.7. The Morgan fingerprint density at radius 3 is 2.38 bits per heavy atom. The van der Waals surface area contributed by atoms with Crippen LogP contribution in [0.4, 0.5) is 5.95 Å². The zero-order valence-corrected chi connectivity index (χ0v) is 22.0. The van der Waals surface area contributed by atoms with Crippen molar-refractivity contribution < 1.29 is 19.1 Å². The number of nitrogens with one attached hydrogen (secondary N) is 3. The second-order valence-corrected chi connectivity index (χ2v) is 9.81. The number of furan rings is 1. The molecule has 198 valence electrons. The summed E-state index contributed by atoms with van der Waals surface area (Å²) in [5, 5.41) is 15.8. The van der Waals surface area contributed by atoms with Gasteiger partial charge in [0.05, 0.1) is 17.3 Å². The quantitative estimate of drug-likeness (QED) is 0.195. The molecule has 39 heavy (non-hydrogen) atoms. The van der Waals surface area contributed by atoms with Crippen molar-refractivity contribution in [1.29, 1.82) is 0 Å². The van der Waals surface area contributed by atoms with Gasteiger partial charge in [0.15, 0.2) is 0 Å². The molecule has 0 spiro atoms. The molecular weight excluding hydrogens is 492 g/mol. The third kappa shape index (κ3) is 5.85. The summed E-state index contributed by atoms with van der Waals surface area (Å²) in [6.07, 6.45) is 1.86. The molecule has 1 atom stereocenters. The van der Waals surface area contributed by atoms with Gasteiger partial charge in [-0.3, -0.25) is 4.79 Å². The van der Waals surface area contributed by atoms with Crippen molar-refractivity contribution in [2.24, 2.45) is 0 Å². The topological polar surface area (TPSA) is 120 Å². The summed E-state index contributed by atoms with van der Waals surface area (Å²) in [7, 11) is 0. The molecule has 2 aromatic heterocycles. The number of carbonyl (C=O) groups is 2. The number of aromatic nitrogens is 2. The lowest BCUT2D eigenvalue weighted by molar-refractivity contribution is -0.139. The monoisotopic (exact) mass is 522 g/mol. The van der Waals surface area contributed by atoms with Crippen LogP contribution >= 0.6 is 0 Å². The van der Waals surface area contributed by atoms with E-state index >= 15 is 0 Å². The molecule has 0 radical (unpaired) electrons. The fourth-order valence-electron chi connectivity index (χ4n) is 4.85. The fraction of sp³-hybridized carbons (Fsp3) is 0.194. The molecule has 0 fully saturated rings. The number of hydrogen-bond donors (Lipinski definition) is 4. The molecule has 1 amide bonds. The number of carboxylic acid groups (broad SMARTS) is 1. The Kier molecular flexibility index (Phi) is 7.19. The van der Waals surface area contributed by atoms with Crippen LogP contribution in [-0.4, -0.2) is 33.0 Å². The van der Waals surface area contributed by atoms with Gasteiger partial charge in [0.1, 0.15) is 11.8 Å². The maximum atomic E-state index is 12.9. The highest BCUT2D eigenvalue weighted by atomic mass is 16.4. The minimum atomic E-state index is -1.08. The maximum Gasteiger partial charge on any atom is 0.326 e. The fourth-order valence-corrected chi connectivity index (χ4v) is 4.85. The largest absolute Gasteiger partial charge is 0.480 e. The average Bonchev–Trinajstić information content (AvgIpc) is 3.54. The standard InChI is InChI=1S/C31H30N4O4/c1-18-12-19(2)28(20(3)13-18)29(36)33-26(30(37)38)14-21-8-10-23(11-9-21)27-15-22(17-39-27)16-32-31-34-24-6-4-5-7-25(24)35-31/h4-13,15,17,26H,14,16H2,1-3H3,(H,33,36)(H,37,38)(H2,32,34,35). The molecule has 4 N–H and O–H groups in total. The highest BCUT2D eigenvalue weighted by Gasteiger charge is 2.23. The van der Waals surface area contributed by atoms with Crippen LogP contribution in [0.25, 0.3) is 22.4 Å². The van der Waals surface area contributed by atoms with E-state index in [1.54, 1.807) is 6.26 Å². The van der Waals surface area contributed by atoms with Gasteiger partial charge in [-0.1, -0.05) is 54.1 Å². The molecule has 0 bridgehead atoms. The zero-order valence-electron chi connectivity index (χ0n) is 22.0. The van der Waals surface area contributed by atoms with E-state index in [4.69, 9.17) is 4.42 Å². The van der Waals surface area contributed by atoms with Crippen molar-refractivity contribution in [3.05, 3.63) is 106 Å². The minimum absolute atomic E-state index is 0.163. The average molecular weight is 523 g/mol. The number of H-pyrrole nitrogens is 1. The lowest BCUT2D eigenvalue weighted by atomic mass is 9.98. The Morgan fingerprint density at radius 2 is 1.69 bits per heavy atom. The molecule has 0 aliphatic heterocycles. The highest BCUT2D eigenvalue weighted by Crippen LogP contribution is 2.24. The normalized spacial score (nSPS) is 11.9. The number of nitrogens with zero attached hydrogens (tertiary/aromatic N) is 1. The van der Waals surface area contributed by atoms with Gasteiger partial charge in [0, 0.05) is 29.7 Å². The number of anilines is 1. The predicted octanol–water partition coefficient (Wildman–Crippen LogP) is 5.79. The van der Waals surface area contributed by atoms with Crippen LogP contribution in [0.1, 0.15) is 38.2 Å². The number of aliphatic carboxylic acids is 1. The van der Waals surface area contributed by atoms with Crippen LogP contribution in [-0.2, 0) is 17.8 Å².